The van der Waals surface area contributed by atoms with Crippen LogP contribution in [-0.4, -0.2) is 23.3 Å². The Morgan fingerprint density at radius 3 is 2.65 bits per heavy atom. The van der Waals surface area contributed by atoms with Crippen LogP contribution in [-0.2, 0) is 0 Å². The van der Waals surface area contributed by atoms with Crippen molar-refractivity contribution in [1.82, 2.24) is 9.97 Å². The summed E-state index contributed by atoms with van der Waals surface area (Å²) in [6.07, 6.45) is 1.94. The zero-order chi connectivity index (χ0) is 14.5. The van der Waals surface area contributed by atoms with Gasteiger partial charge < -0.3 is 10.1 Å². The maximum absolute atomic E-state index is 5.85. The number of aromatic nitrogens is 2. The van der Waals surface area contributed by atoms with Gasteiger partial charge in [-0.15, -0.1) is 0 Å². The minimum Gasteiger partial charge on any atom is -0.439 e. The van der Waals surface area contributed by atoms with Crippen molar-refractivity contribution in [2.24, 2.45) is 0 Å². The van der Waals surface area contributed by atoms with Crippen LogP contribution < -0.4 is 10.1 Å². The third kappa shape index (κ3) is 3.63. The molecular formula is C15H19N3OS. The summed E-state index contributed by atoms with van der Waals surface area (Å²) in [5.41, 5.74) is 1.25. The highest BCUT2D eigenvalue weighted by atomic mass is 32.2. The van der Waals surface area contributed by atoms with E-state index < -0.39 is 0 Å². The summed E-state index contributed by atoms with van der Waals surface area (Å²) in [6, 6.07) is 9.88. The van der Waals surface area contributed by atoms with Crippen molar-refractivity contribution in [3.05, 3.63) is 35.9 Å². The van der Waals surface area contributed by atoms with Gasteiger partial charge >= 0.3 is 0 Å². The average Bonchev–Trinajstić information content (AvgIpc) is 2.47. The fourth-order valence-corrected chi connectivity index (χ4v) is 2.10. The average molecular weight is 289 g/mol. The molecule has 2 rings (SSSR count). The molecule has 0 saturated heterocycles. The number of hydrogen-bond donors (Lipinski definition) is 1. The lowest BCUT2D eigenvalue weighted by Crippen LogP contribution is -1.98. The first-order chi connectivity index (χ1) is 9.62. The number of nitrogens with zero attached hydrogens (tertiary/aromatic N) is 2. The number of rotatable bonds is 5. The van der Waals surface area contributed by atoms with Crippen LogP contribution >= 0.6 is 11.8 Å². The molecule has 0 aliphatic carbocycles. The molecular weight excluding hydrogens is 270 g/mol. The Morgan fingerprint density at radius 2 is 2.00 bits per heavy atom. The normalized spacial score (nSPS) is 10.7. The molecule has 1 heterocycles. The third-order valence-electron chi connectivity index (χ3n) is 2.87. The van der Waals surface area contributed by atoms with Gasteiger partial charge in [-0.3, -0.25) is 0 Å². The fourth-order valence-electron chi connectivity index (χ4n) is 1.73. The summed E-state index contributed by atoms with van der Waals surface area (Å²) in [7, 11) is 1.83. The molecule has 0 bridgehead atoms. The monoisotopic (exact) mass is 289 g/mol. The molecule has 1 N–H and O–H groups in total. The van der Waals surface area contributed by atoms with Crippen molar-refractivity contribution in [2.45, 2.75) is 24.9 Å². The Balaban J connectivity index is 2.27. The maximum atomic E-state index is 5.85. The SMILES string of the molecule is CNc1cc(Oc2cccc(C(C)C)c2)nc(SC)n1. The molecule has 0 radical (unpaired) electrons. The van der Waals surface area contributed by atoms with Crippen molar-refractivity contribution < 1.29 is 4.74 Å². The zero-order valence-electron chi connectivity index (χ0n) is 12.2. The highest BCUT2D eigenvalue weighted by molar-refractivity contribution is 7.98. The van der Waals surface area contributed by atoms with Gasteiger partial charge in [0.2, 0.25) is 5.88 Å². The second-order valence-corrected chi connectivity index (χ2v) is 5.43. The van der Waals surface area contributed by atoms with Crippen LogP contribution in [0.1, 0.15) is 25.3 Å². The Labute approximate surface area is 124 Å². The van der Waals surface area contributed by atoms with Crippen LogP contribution in [0.2, 0.25) is 0 Å². The second kappa shape index (κ2) is 6.61. The van der Waals surface area contributed by atoms with Crippen molar-refractivity contribution in [2.75, 3.05) is 18.6 Å². The summed E-state index contributed by atoms with van der Waals surface area (Å²) in [5.74, 6) is 2.57. The zero-order valence-corrected chi connectivity index (χ0v) is 13.0. The van der Waals surface area contributed by atoms with E-state index in [0.29, 0.717) is 17.0 Å². The number of hydrogen-bond acceptors (Lipinski definition) is 5. The Morgan fingerprint density at radius 1 is 1.20 bits per heavy atom. The van der Waals surface area contributed by atoms with Gasteiger partial charge in [0.05, 0.1) is 0 Å². The summed E-state index contributed by atoms with van der Waals surface area (Å²) in [6.45, 7) is 4.32. The first kappa shape index (κ1) is 14.7. The van der Waals surface area contributed by atoms with E-state index in [2.05, 4.69) is 35.2 Å². The van der Waals surface area contributed by atoms with Gasteiger partial charge in [0.15, 0.2) is 5.16 Å². The van der Waals surface area contributed by atoms with Gasteiger partial charge in [0.1, 0.15) is 11.6 Å². The molecule has 4 nitrogen and oxygen atoms in total. The van der Waals surface area contributed by atoms with Gasteiger partial charge in [0, 0.05) is 13.1 Å². The predicted molar refractivity (Wildman–Crippen MR) is 84.0 cm³/mol. The second-order valence-electron chi connectivity index (χ2n) is 4.66. The van der Waals surface area contributed by atoms with E-state index in [1.807, 2.05) is 31.5 Å². The Hall–Kier alpha value is -1.75. The third-order valence-corrected chi connectivity index (χ3v) is 3.42. The fraction of sp³-hybridized carbons (Fsp3) is 0.333. The molecule has 0 unspecified atom stereocenters. The number of thioether (sulfide) groups is 1. The molecule has 5 heteroatoms. The minimum absolute atomic E-state index is 0.471. The van der Waals surface area contributed by atoms with Crippen LogP contribution in [0.25, 0.3) is 0 Å². The molecule has 0 aliphatic rings. The number of anilines is 1. The quantitative estimate of drug-likeness (QED) is 0.661. The van der Waals surface area contributed by atoms with Crippen molar-refractivity contribution in [3.8, 4) is 11.6 Å². The van der Waals surface area contributed by atoms with Crippen LogP contribution in [0.4, 0.5) is 5.82 Å². The van der Waals surface area contributed by atoms with Crippen LogP contribution in [0.3, 0.4) is 0 Å². The lowest BCUT2D eigenvalue weighted by atomic mass is 10.0. The molecule has 0 amide bonds. The lowest BCUT2D eigenvalue weighted by Gasteiger charge is -2.10. The van der Waals surface area contributed by atoms with Crippen molar-refractivity contribution in [3.63, 3.8) is 0 Å². The number of ether oxygens (including phenoxy) is 1. The standard InChI is InChI=1S/C15H19N3OS/c1-10(2)11-6-5-7-12(8-11)19-14-9-13(16-3)17-15(18-14)20-4/h5-10H,1-4H3,(H,16,17,18). The Kier molecular flexibility index (Phi) is 4.84. The van der Waals surface area contributed by atoms with Gasteiger partial charge in [-0.2, -0.15) is 4.98 Å². The van der Waals surface area contributed by atoms with Crippen molar-refractivity contribution in [1.29, 1.82) is 0 Å². The summed E-state index contributed by atoms with van der Waals surface area (Å²) in [5, 5.41) is 3.70. The van der Waals surface area contributed by atoms with E-state index in [9.17, 15) is 0 Å². The number of benzene rings is 1. The molecule has 106 valence electrons. The molecule has 0 atom stereocenters. The van der Waals surface area contributed by atoms with E-state index in [-0.39, 0.29) is 0 Å². The topological polar surface area (TPSA) is 47.0 Å². The van der Waals surface area contributed by atoms with E-state index in [1.165, 1.54) is 17.3 Å². The summed E-state index contributed by atoms with van der Waals surface area (Å²) >= 11 is 1.49. The van der Waals surface area contributed by atoms with Gasteiger partial charge in [-0.1, -0.05) is 37.7 Å². The summed E-state index contributed by atoms with van der Waals surface area (Å²) in [4.78, 5) is 8.68. The molecule has 1 aromatic carbocycles. The molecule has 0 fully saturated rings. The van der Waals surface area contributed by atoms with Gasteiger partial charge in [-0.05, 0) is 29.9 Å². The molecule has 0 spiro atoms. The van der Waals surface area contributed by atoms with Crippen LogP contribution in [0.15, 0.2) is 35.5 Å². The van der Waals surface area contributed by atoms with Crippen LogP contribution in [0, 0.1) is 0 Å². The van der Waals surface area contributed by atoms with E-state index in [4.69, 9.17) is 4.74 Å². The highest BCUT2D eigenvalue weighted by Gasteiger charge is 2.07. The lowest BCUT2D eigenvalue weighted by molar-refractivity contribution is 0.455. The Bertz CT molecular complexity index is 565. The van der Waals surface area contributed by atoms with Gasteiger partial charge in [0.25, 0.3) is 0 Å². The molecule has 0 aliphatic heterocycles. The van der Waals surface area contributed by atoms with Gasteiger partial charge in [-0.25, -0.2) is 4.98 Å². The van der Waals surface area contributed by atoms with E-state index >= 15 is 0 Å². The first-order valence-electron chi connectivity index (χ1n) is 6.51. The van der Waals surface area contributed by atoms with E-state index in [1.54, 1.807) is 6.07 Å². The molecule has 0 saturated carbocycles. The minimum atomic E-state index is 0.471. The molecule has 2 aromatic rings. The molecule has 20 heavy (non-hydrogen) atoms. The first-order valence-corrected chi connectivity index (χ1v) is 7.73. The maximum Gasteiger partial charge on any atom is 0.225 e. The van der Waals surface area contributed by atoms with Crippen LogP contribution in [0.5, 0.6) is 11.6 Å². The number of nitrogens with one attached hydrogen (secondary N) is 1. The van der Waals surface area contributed by atoms with Crippen molar-refractivity contribution >= 4 is 17.6 Å². The molecule has 1 aromatic heterocycles. The summed E-state index contributed by atoms with van der Waals surface area (Å²) < 4.78 is 5.85. The highest BCUT2D eigenvalue weighted by Crippen LogP contribution is 2.26. The van der Waals surface area contributed by atoms with E-state index in [0.717, 1.165) is 11.6 Å². The largest absolute Gasteiger partial charge is 0.439 e. The predicted octanol–water partition coefficient (Wildman–Crippen LogP) is 4.16. The smallest absolute Gasteiger partial charge is 0.225 e.